The van der Waals surface area contributed by atoms with E-state index in [9.17, 15) is 9.59 Å². The summed E-state index contributed by atoms with van der Waals surface area (Å²) in [6.07, 6.45) is 2.24. The van der Waals surface area contributed by atoms with Crippen LogP contribution in [0.25, 0.3) is 0 Å². The zero-order valence-electron chi connectivity index (χ0n) is 13.4. The monoisotopic (exact) mass is 337 g/mol. The number of para-hydroxylation sites is 1. The van der Waals surface area contributed by atoms with Gasteiger partial charge in [0.05, 0.1) is 6.42 Å². The van der Waals surface area contributed by atoms with Gasteiger partial charge < -0.3 is 15.5 Å². The molecule has 23 heavy (non-hydrogen) atoms. The second-order valence-electron chi connectivity index (χ2n) is 6.22. The van der Waals surface area contributed by atoms with Crippen LogP contribution in [0.1, 0.15) is 25.3 Å². The number of piperidine rings is 1. The first-order chi connectivity index (χ1) is 10.6. The Labute approximate surface area is 143 Å². The van der Waals surface area contributed by atoms with E-state index in [1.54, 1.807) is 4.90 Å². The van der Waals surface area contributed by atoms with Crippen LogP contribution < -0.4 is 15.5 Å². The van der Waals surface area contributed by atoms with Crippen LogP contribution in [0, 0.1) is 5.92 Å². The number of halogens is 1. The molecule has 2 N–H and O–H groups in total. The third-order valence-corrected chi connectivity index (χ3v) is 4.55. The molecule has 0 aromatic heterocycles. The summed E-state index contributed by atoms with van der Waals surface area (Å²) < 4.78 is 0. The molecule has 2 heterocycles. The van der Waals surface area contributed by atoms with E-state index in [1.165, 1.54) is 0 Å². The van der Waals surface area contributed by atoms with Gasteiger partial charge in [-0.3, -0.25) is 9.59 Å². The van der Waals surface area contributed by atoms with Gasteiger partial charge in [-0.2, -0.15) is 0 Å². The third-order valence-electron chi connectivity index (χ3n) is 4.55. The van der Waals surface area contributed by atoms with E-state index < -0.39 is 0 Å². The molecule has 0 spiro atoms. The number of carbonyl (C=O) groups excluding carboxylic acids is 2. The Kier molecular flexibility index (Phi) is 6.02. The van der Waals surface area contributed by atoms with E-state index in [0.29, 0.717) is 25.6 Å². The number of amides is 2. The average Bonchev–Trinajstić information content (AvgIpc) is 2.83. The molecular formula is C17H24ClN3O2. The van der Waals surface area contributed by atoms with Gasteiger partial charge in [0, 0.05) is 30.7 Å². The predicted octanol–water partition coefficient (Wildman–Crippen LogP) is 1.50. The zero-order chi connectivity index (χ0) is 15.5. The molecule has 2 aliphatic heterocycles. The molecule has 0 bridgehead atoms. The van der Waals surface area contributed by atoms with Gasteiger partial charge in [-0.1, -0.05) is 18.2 Å². The summed E-state index contributed by atoms with van der Waals surface area (Å²) in [7, 11) is 0. The fourth-order valence-corrected chi connectivity index (χ4v) is 3.37. The van der Waals surface area contributed by atoms with Crippen molar-refractivity contribution in [2.45, 2.75) is 32.2 Å². The molecule has 126 valence electrons. The molecule has 2 amide bonds. The van der Waals surface area contributed by atoms with E-state index in [0.717, 1.165) is 30.6 Å². The van der Waals surface area contributed by atoms with Crippen molar-refractivity contribution in [2.75, 3.05) is 24.5 Å². The lowest BCUT2D eigenvalue weighted by Crippen LogP contribution is -2.44. The second-order valence-corrected chi connectivity index (χ2v) is 6.22. The van der Waals surface area contributed by atoms with Gasteiger partial charge in [-0.25, -0.2) is 0 Å². The highest BCUT2D eigenvalue weighted by molar-refractivity contribution is 6.01. The van der Waals surface area contributed by atoms with E-state index in [2.05, 4.69) is 17.6 Å². The first kappa shape index (κ1) is 17.8. The largest absolute Gasteiger partial charge is 0.354 e. The Bertz CT molecular complexity index is 579. The molecule has 0 aliphatic carbocycles. The van der Waals surface area contributed by atoms with E-state index in [4.69, 9.17) is 0 Å². The molecule has 2 atom stereocenters. The van der Waals surface area contributed by atoms with E-state index >= 15 is 0 Å². The summed E-state index contributed by atoms with van der Waals surface area (Å²) in [5.41, 5.74) is 2.06. The Balaban J connectivity index is 0.00000192. The maximum Gasteiger partial charge on any atom is 0.231 e. The zero-order valence-corrected chi connectivity index (χ0v) is 14.2. The number of nitrogens with one attached hydrogen (secondary N) is 2. The molecule has 1 aromatic carbocycles. The molecular weight excluding hydrogens is 314 g/mol. The Hall–Kier alpha value is -1.59. The number of nitrogens with zero attached hydrogens (tertiary/aromatic N) is 1. The highest BCUT2D eigenvalue weighted by Crippen LogP contribution is 2.27. The fourth-order valence-electron chi connectivity index (χ4n) is 3.37. The standard InChI is InChI=1S/C17H23N3O2.ClH/c1-12-10-14(6-7-18-12)17(22)19-8-9-20-15-5-3-2-4-13(15)11-16(20)21;/h2-5,12,14,18H,6-11H2,1H3,(H,19,22);1H/t12-,14-;/m0./s1. The number of benzene rings is 1. The molecule has 6 heteroatoms. The first-order valence-corrected chi connectivity index (χ1v) is 8.04. The molecule has 1 fully saturated rings. The van der Waals surface area contributed by atoms with Gasteiger partial charge in [-0.05, 0) is 37.9 Å². The van der Waals surface area contributed by atoms with E-state index in [-0.39, 0.29) is 30.1 Å². The van der Waals surface area contributed by atoms with Crippen molar-refractivity contribution in [3.05, 3.63) is 29.8 Å². The number of hydrogen-bond acceptors (Lipinski definition) is 3. The van der Waals surface area contributed by atoms with Crippen molar-refractivity contribution in [2.24, 2.45) is 5.92 Å². The molecule has 0 unspecified atom stereocenters. The van der Waals surface area contributed by atoms with Crippen LogP contribution in [0.2, 0.25) is 0 Å². The van der Waals surface area contributed by atoms with Crippen molar-refractivity contribution in [1.82, 2.24) is 10.6 Å². The van der Waals surface area contributed by atoms with Crippen LogP contribution in [0.5, 0.6) is 0 Å². The lowest BCUT2D eigenvalue weighted by Gasteiger charge is -2.27. The molecule has 5 nitrogen and oxygen atoms in total. The van der Waals surface area contributed by atoms with Crippen LogP contribution >= 0.6 is 12.4 Å². The van der Waals surface area contributed by atoms with Crippen LogP contribution in [0.4, 0.5) is 5.69 Å². The Morgan fingerprint density at radius 2 is 2.17 bits per heavy atom. The maximum absolute atomic E-state index is 12.2. The molecule has 1 aromatic rings. The normalized spacial score (nSPS) is 23.2. The lowest BCUT2D eigenvalue weighted by molar-refractivity contribution is -0.126. The predicted molar refractivity (Wildman–Crippen MR) is 92.9 cm³/mol. The molecule has 2 aliphatic rings. The van der Waals surface area contributed by atoms with Crippen molar-refractivity contribution in [1.29, 1.82) is 0 Å². The van der Waals surface area contributed by atoms with Gasteiger partial charge in [0.2, 0.25) is 11.8 Å². The Morgan fingerprint density at radius 3 is 2.96 bits per heavy atom. The number of rotatable bonds is 4. The van der Waals surface area contributed by atoms with Gasteiger partial charge in [0.1, 0.15) is 0 Å². The highest BCUT2D eigenvalue weighted by Gasteiger charge is 2.27. The molecule has 3 rings (SSSR count). The minimum absolute atomic E-state index is 0. The van der Waals surface area contributed by atoms with Crippen molar-refractivity contribution < 1.29 is 9.59 Å². The lowest BCUT2D eigenvalue weighted by atomic mass is 9.92. The number of carbonyl (C=O) groups is 2. The maximum atomic E-state index is 12.2. The van der Waals surface area contributed by atoms with Crippen LogP contribution in [-0.2, 0) is 16.0 Å². The molecule has 1 saturated heterocycles. The van der Waals surface area contributed by atoms with Gasteiger partial charge in [0.25, 0.3) is 0 Å². The van der Waals surface area contributed by atoms with Gasteiger partial charge in [-0.15, -0.1) is 12.4 Å². The summed E-state index contributed by atoms with van der Waals surface area (Å²) in [5.74, 6) is 0.331. The Morgan fingerprint density at radius 1 is 1.39 bits per heavy atom. The first-order valence-electron chi connectivity index (χ1n) is 8.04. The van der Waals surface area contributed by atoms with Crippen LogP contribution in [-0.4, -0.2) is 37.5 Å². The van der Waals surface area contributed by atoms with Crippen molar-refractivity contribution in [3.8, 4) is 0 Å². The average molecular weight is 338 g/mol. The third kappa shape index (κ3) is 4.03. The second kappa shape index (κ2) is 7.79. The SMILES string of the molecule is C[C@H]1C[C@@H](C(=O)NCCN2C(=O)Cc3ccccc32)CCN1.Cl. The fraction of sp³-hybridized carbons (Fsp3) is 0.529. The van der Waals surface area contributed by atoms with Crippen LogP contribution in [0.15, 0.2) is 24.3 Å². The number of fused-ring (bicyclic) bond motifs is 1. The van der Waals surface area contributed by atoms with Gasteiger partial charge in [0.15, 0.2) is 0 Å². The molecule has 0 radical (unpaired) electrons. The number of anilines is 1. The van der Waals surface area contributed by atoms with E-state index in [1.807, 2.05) is 24.3 Å². The van der Waals surface area contributed by atoms with Crippen molar-refractivity contribution in [3.63, 3.8) is 0 Å². The van der Waals surface area contributed by atoms with Crippen LogP contribution in [0.3, 0.4) is 0 Å². The number of hydrogen-bond donors (Lipinski definition) is 2. The minimum atomic E-state index is 0. The summed E-state index contributed by atoms with van der Waals surface area (Å²) in [6.45, 7) is 4.07. The summed E-state index contributed by atoms with van der Waals surface area (Å²) in [6, 6.07) is 8.25. The minimum Gasteiger partial charge on any atom is -0.354 e. The topological polar surface area (TPSA) is 61.4 Å². The molecule has 0 saturated carbocycles. The summed E-state index contributed by atoms with van der Waals surface area (Å²) >= 11 is 0. The van der Waals surface area contributed by atoms with Crippen molar-refractivity contribution >= 4 is 29.9 Å². The smallest absolute Gasteiger partial charge is 0.231 e. The summed E-state index contributed by atoms with van der Waals surface area (Å²) in [5, 5.41) is 6.34. The highest BCUT2D eigenvalue weighted by atomic mass is 35.5. The quantitative estimate of drug-likeness (QED) is 0.875. The van der Waals surface area contributed by atoms with Gasteiger partial charge >= 0.3 is 0 Å². The summed E-state index contributed by atoms with van der Waals surface area (Å²) in [4.78, 5) is 26.0.